The first-order chi connectivity index (χ1) is 7.04. The summed E-state index contributed by atoms with van der Waals surface area (Å²) in [6, 6.07) is 0. The number of quaternary nitrogens is 1. The maximum Gasteiger partial charge on any atom is 0.313 e. The molecule has 0 spiro atoms. The summed E-state index contributed by atoms with van der Waals surface area (Å²) in [4.78, 5) is 11.3. The van der Waals surface area contributed by atoms with Crippen molar-refractivity contribution in [2.75, 3.05) is 27.2 Å². The maximum absolute atomic E-state index is 11.3. The Bertz CT molecular complexity index is 181. The van der Waals surface area contributed by atoms with Crippen molar-refractivity contribution in [1.82, 2.24) is 0 Å². The molecule has 0 aromatic carbocycles. The summed E-state index contributed by atoms with van der Waals surface area (Å²) in [5.41, 5.74) is 0. The van der Waals surface area contributed by atoms with Crippen molar-refractivity contribution in [3.63, 3.8) is 0 Å². The van der Waals surface area contributed by atoms with Crippen molar-refractivity contribution in [3.05, 3.63) is 0 Å². The lowest BCUT2D eigenvalue weighted by molar-refractivity contribution is -0.813. The average Bonchev–Trinajstić information content (AvgIpc) is 2.32. The lowest BCUT2D eigenvalue weighted by atomic mass is 10.2. The van der Waals surface area contributed by atoms with Crippen LogP contribution in [0, 0.1) is 0 Å². The fraction of sp³-hybridized carbons (Fsp3) is 0.909. The lowest BCUT2D eigenvalue weighted by Crippen LogP contribution is -2.44. The smallest absolute Gasteiger partial charge is 0.313 e. The fourth-order valence-corrected chi connectivity index (χ4v) is 2.00. The van der Waals surface area contributed by atoms with Crippen molar-refractivity contribution < 1.29 is 13.7 Å². The quantitative estimate of drug-likeness (QED) is 0.530. The minimum atomic E-state index is -0.0860. The molecular formula is C11H26NO2Si+. The summed E-state index contributed by atoms with van der Waals surface area (Å²) in [5.74, 6) is 0.400. The number of rotatable bonds is 2. The van der Waals surface area contributed by atoms with Gasteiger partial charge in [-0.25, -0.2) is 4.79 Å². The van der Waals surface area contributed by atoms with E-state index in [1.54, 1.807) is 0 Å². The van der Waals surface area contributed by atoms with Crippen molar-refractivity contribution in [3.8, 4) is 0 Å². The predicted molar refractivity (Wildman–Crippen MR) is 66.5 cm³/mol. The van der Waals surface area contributed by atoms with E-state index in [1.165, 1.54) is 12.8 Å². The standard InChI is InChI=1S/C8H16NO.C3H10OSi/c1-9(2)7-5-3-4-6-8(9)10;1-3-4-5-2/h3-7H2,1-2H3;3,5H2,1-2H3/q+1;. The second kappa shape index (κ2) is 8.02. The van der Waals surface area contributed by atoms with Crippen LogP contribution >= 0.6 is 0 Å². The number of amides is 1. The minimum Gasteiger partial charge on any atom is -0.425 e. The third-order valence-corrected chi connectivity index (χ3v) is 3.51. The van der Waals surface area contributed by atoms with Crippen LogP contribution in [0.1, 0.15) is 32.6 Å². The van der Waals surface area contributed by atoms with Crippen LogP contribution in [0.4, 0.5) is 0 Å². The molecule has 0 aliphatic carbocycles. The molecule has 0 aromatic heterocycles. The first-order valence-corrected chi connectivity index (χ1v) is 7.98. The van der Waals surface area contributed by atoms with Crippen molar-refractivity contribution in [2.24, 2.45) is 0 Å². The Balaban J connectivity index is 0.000000336. The van der Waals surface area contributed by atoms with Crippen LogP contribution in [-0.2, 0) is 9.22 Å². The molecule has 1 rings (SSSR count). The van der Waals surface area contributed by atoms with Crippen molar-refractivity contribution in [2.45, 2.75) is 39.2 Å². The topological polar surface area (TPSA) is 26.3 Å². The van der Waals surface area contributed by atoms with E-state index in [1.807, 2.05) is 21.0 Å². The van der Waals surface area contributed by atoms with Crippen molar-refractivity contribution >= 4 is 15.7 Å². The predicted octanol–water partition coefficient (Wildman–Crippen LogP) is 1.32. The number of hydrogen-bond donors (Lipinski definition) is 0. The number of carbonyl (C=O) groups is 1. The number of hydrogen-bond acceptors (Lipinski definition) is 2. The van der Waals surface area contributed by atoms with Gasteiger partial charge in [-0.3, -0.25) is 4.48 Å². The second-order valence-corrected chi connectivity index (χ2v) is 5.38. The maximum atomic E-state index is 11.3. The molecule has 1 heterocycles. The SMILES string of the molecule is CCO[SiH2]C.C[N+]1(C)CCCCCC1=O. The van der Waals surface area contributed by atoms with E-state index < -0.39 is 0 Å². The summed E-state index contributed by atoms with van der Waals surface area (Å²) in [5, 5.41) is 0. The molecule has 4 heteroatoms. The molecule has 1 amide bonds. The summed E-state index contributed by atoms with van der Waals surface area (Å²) >= 11 is 0. The van der Waals surface area contributed by atoms with E-state index in [4.69, 9.17) is 4.43 Å². The molecule has 15 heavy (non-hydrogen) atoms. The molecule has 3 nitrogen and oxygen atoms in total. The van der Waals surface area contributed by atoms with Gasteiger partial charge in [0.2, 0.25) is 0 Å². The zero-order chi connectivity index (χ0) is 11.7. The van der Waals surface area contributed by atoms with Gasteiger partial charge in [0.1, 0.15) is 0 Å². The largest absolute Gasteiger partial charge is 0.425 e. The van der Waals surface area contributed by atoms with Crippen molar-refractivity contribution in [1.29, 1.82) is 0 Å². The van der Waals surface area contributed by atoms with Gasteiger partial charge in [-0.1, -0.05) is 6.55 Å². The van der Waals surface area contributed by atoms with E-state index in [0.29, 0.717) is 10.4 Å². The highest BCUT2D eigenvalue weighted by atomic mass is 28.2. The summed E-state index contributed by atoms with van der Waals surface area (Å²) < 4.78 is 5.57. The molecule has 0 radical (unpaired) electrons. The number of nitrogens with zero attached hydrogens (tertiary/aromatic N) is 1. The molecule has 1 fully saturated rings. The van der Waals surface area contributed by atoms with Gasteiger partial charge in [0.15, 0.2) is 9.76 Å². The molecular weight excluding hydrogens is 206 g/mol. The van der Waals surface area contributed by atoms with Gasteiger partial charge in [0, 0.05) is 6.61 Å². The van der Waals surface area contributed by atoms with Crippen LogP contribution in [0.3, 0.4) is 0 Å². The number of likely N-dealkylation sites (tertiary alicyclic amines) is 1. The van der Waals surface area contributed by atoms with Gasteiger partial charge < -0.3 is 4.43 Å². The van der Waals surface area contributed by atoms with Crippen LogP contribution in [0.25, 0.3) is 0 Å². The van der Waals surface area contributed by atoms with Gasteiger partial charge in [-0.05, 0) is 26.2 Å². The molecule has 0 bridgehead atoms. The molecule has 90 valence electrons. The Morgan fingerprint density at radius 3 is 2.47 bits per heavy atom. The first-order valence-electron chi connectivity index (χ1n) is 5.98. The van der Waals surface area contributed by atoms with Crippen LogP contribution in [0.15, 0.2) is 0 Å². The highest BCUT2D eigenvalue weighted by Gasteiger charge is 2.27. The highest BCUT2D eigenvalue weighted by molar-refractivity contribution is 6.24. The van der Waals surface area contributed by atoms with Crippen LogP contribution in [0.5, 0.6) is 0 Å². The fourth-order valence-electron chi connectivity index (χ4n) is 1.59. The van der Waals surface area contributed by atoms with E-state index in [2.05, 4.69) is 6.55 Å². The van der Waals surface area contributed by atoms with E-state index in [-0.39, 0.29) is 9.76 Å². The zero-order valence-corrected chi connectivity index (χ0v) is 12.1. The Labute approximate surface area is 96.3 Å². The Kier molecular flexibility index (Phi) is 7.91. The minimum absolute atomic E-state index is 0.0860. The Hall–Kier alpha value is -0.193. The van der Waals surface area contributed by atoms with Gasteiger partial charge >= 0.3 is 5.91 Å². The first kappa shape index (κ1) is 14.8. The zero-order valence-electron chi connectivity index (χ0n) is 10.7. The molecule has 0 aromatic rings. The third-order valence-electron chi connectivity index (χ3n) is 2.69. The van der Waals surface area contributed by atoms with E-state index in [9.17, 15) is 4.79 Å². The van der Waals surface area contributed by atoms with Crippen LogP contribution in [0.2, 0.25) is 6.55 Å². The summed E-state index contributed by atoms with van der Waals surface area (Å²) in [6.45, 7) is 6.08. The second-order valence-electron chi connectivity index (χ2n) is 4.39. The summed E-state index contributed by atoms with van der Waals surface area (Å²) in [7, 11) is 3.93. The van der Waals surface area contributed by atoms with E-state index in [0.717, 1.165) is 26.0 Å². The normalized spacial score (nSPS) is 20.9. The Morgan fingerprint density at radius 1 is 1.33 bits per heavy atom. The highest BCUT2D eigenvalue weighted by Crippen LogP contribution is 2.14. The third kappa shape index (κ3) is 6.81. The van der Waals surface area contributed by atoms with Gasteiger partial charge in [-0.15, -0.1) is 0 Å². The molecule has 0 unspecified atom stereocenters. The molecule has 0 N–H and O–H groups in total. The molecule has 1 saturated heterocycles. The molecule has 0 atom stereocenters. The molecule has 0 saturated carbocycles. The van der Waals surface area contributed by atoms with Crippen LogP contribution < -0.4 is 0 Å². The van der Waals surface area contributed by atoms with E-state index >= 15 is 0 Å². The van der Waals surface area contributed by atoms with Gasteiger partial charge in [-0.2, -0.15) is 0 Å². The molecule has 1 aliphatic rings. The summed E-state index contributed by atoms with van der Waals surface area (Å²) in [6.07, 6.45) is 4.32. The number of carbonyl (C=O) groups excluding carboxylic acids is 1. The van der Waals surface area contributed by atoms with Gasteiger partial charge in [0.05, 0.1) is 27.1 Å². The monoisotopic (exact) mass is 232 g/mol. The van der Waals surface area contributed by atoms with Gasteiger partial charge in [0.25, 0.3) is 0 Å². The molecule has 1 aliphatic heterocycles. The Morgan fingerprint density at radius 2 is 2.00 bits per heavy atom. The average molecular weight is 232 g/mol. The lowest BCUT2D eigenvalue weighted by Gasteiger charge is -2.24. The van der Waals surface area contributed by atoms with Crippen LogP contribution in [-0.4, -0.2) is 47.4 Å².